The third-order valence-corrected chi connectivity index (χ3v) is 3.53. The van der Waals surface area contributed by atoms with Gasteiger partial charge in [-0.2, -0.15) is 0 Å². The number of anilines is 1. The smallest absolute Gasteiger partial charge is 0.130 e. The molecule has 0 aromatic heterocycles. The van der Waals surface area contributed by atoms with Crippen molar-refractivity contribution in [2.75, 3.05) is 25.1 Å². The van der Waals surface area contributed by atoms with Crippen molar-refractivity contribution in [3.8, 4) is 0 Å². The summed E-state index contributed by atoms with van der Waals surface area (Å²) in [5.41, 5.74) is 1.61. The molecule has 1 aliphatic rings. The number of halogens is 1. The summed E-state index contributed by atoms with van der Waals surface area (Å²) < 4.78 is 14.0. The average Bonchev–Trinajstić information content (AvgIpc) is 3.19. The zero-order chi connectivity index (χ0) is 13.1. The predicted octanol–water partition coefficient (Wildman–Crippen LogP) is 2.07. The van der Waals surface area contributed by atoms with E-state index in [0.29, 0.717) is 18.2 Å². The Morgan fingerprint density at radius 3 is 2.78 bits per heavy atom. The lowest BCUT2D eigenvalue weighted by atomic mass is 10.0. The lowest BCUT2D eigenvalue weighted by Gasteiger charge is -2.28. The number of nitrogens with one attached hydrogen (secondary N) is 1. The summed E-state index contributed by atoms with van der Waals surface area (Å²) in [6.45, 7) is 2.61. The van der Waals surface area contributed by atoms with Crippen LogP contribution in [-0.2, 0) is 0 Å². The maximum Gasteiger partial charge on any atom is 0.130 e. The zero-order valence-corrected chi connectivity index (χ0v) is 11.0. The molecule has 0 heterocycles. The Hall–Kier alpha value is -1.13. The summed E-state index contributed by atoms with van der Waals surface area (Å²) in [5, 5.41) is 12.3. The van der Waals surface area contributed by atoms with Crippen molar-refractivity contribution in [3.63, 3.8) is 0 Å². The fourth-order valence-corrected chi connectivity index (χ4v) is 2.34. The largest absolute Gasteiger partial charge is 0.395 e. The van der Waals surface area contributed by atoms with Gasteiger partial charge in [0, 0.05) is 29.9 Å². The van der Waals surface area contributed by atoms with Gasteiger partial charge in [0.25, 0.3) is 0 Å². The van der Waals surface area contributed by atoms with Crippen LogP contribution in [0.25, 0.3) is 0 Å². The van der Waals surface area contributed by atoms with Crippen LogP contribution in [0.15, 0.2) is 18.2 Å². The summed E-state index contributed by atoms with van der Waals surface area (Å²) in [5.74, 6) is -0.182. The van der Waals surface area contributed by atoms with Gasteiger partial charge in [0.1, 0.15) is 5.82 Å². The zero-order valence-electron chi connectivity index (χ0n) is 11.0. The van der Waals surface area contributed by atoms with E-state index in [1.165, 1.54) is 6.07 Å². The molecule has 1 unspecified atom stereocenters. The molecule has 1 aliphatic carbocycles. The van der Waals surface area contributed by atoms with Crippen LogP contribution >= 0.6 is 0 Å². The Morgan fingerprint density at radius 2 is 2.22 bits per heavy atom. The second-order valence-electron chi connectivity index (χ2n) is 4.83. The van der Waals surface area contributed by atoms with Crippen LogP contribution in [0.2, 0.25) is 0 Å². The van der Waals surface area contributed by atoms with E-state index in [4.69, 9.17) is 0 Å². The number of nitrogens with zero attached hydrogens (tertiary/aromatic N) is 1. The molecule has 1 fully saturated rings. The van der Waals surface area contributed by atoms with Crippen LogP contribution in [0.4, 0.5) is 10.1 Å². The number of aliphatic hydroxyl groups is 1. The van der Waals surface area contributed by atoms with Crippen molar-refractivity contribution in [2.24, 2.45) is 0 Å². The SMILES string of the molecule is CNC(C)c1c(F)cccc1N(CCO)C1CC1. The number of benzene rings is 1. The van der Waals surface area contributed by atoms with Gasteiger partial charge in [-0.05, 0) is 38.9 Å². The highest BCUT2D eigenvalue weighted by molar-refractivity contribution is 5.57. The van der Waals surface area contributed by atoms with Gasteiger partial charge in [-0.25, -0.2) is 4.39 Å². The number of aliphatic hydroxyl groups excluding tert-OH is 1. The third-order valence-electron chi connectivity index (χ3n) is 3.53. The molecule has 100 valence electrons. The predicted molar refractivity (Wildman–Crippen MR) is 71.3 cm³/mol. The van der Waals surface area contributed by atoms with E-state index in [0.717, 1.165) is 18.5 Å². The number of hydrogen-bond donors (Lipinski definition) is 2. The van der Waals surface area contributed by atoms with Gasteiger partial charge in [-0.1, -0.05) is 6.07 Å². The Balaban J connectivity index is 2.38. The minimum Gasteiger partial charge on any atom is -0.395 e. The highest BCUT2D eigenvalue weighted by Crippen LogP contribution is 2.36. The molecule has 1 aromatic carbocycles. The molecule has 1 saturated carbocycles. The number of rotatable bonds is 6. The standard InChI is InChI=1S/C14H21FN2O/c1-10(16-2)14-12(15)4-3-5-13(14)17(8-9-18)11-6-7-11/h3-5,10-11,16,18H,6-9H2,1-2H3. The summed E-state index contributed by atoms with van der Waals surface area (Å²) in [6, 6.07) is 5.60. The molecule has 1 atom stereocenters. The number of hydrogen-bond acceptors (Lipinski definition) is 3. The quantitative estimate of drug-likeness (QED) is 0.813. The Morgan fingerprint density at radius 1 is 1.50 bits per heavy atom. The van der Waals surface area contributed by atoms with E-state index >= 15 is 0 Å². The van der Waals surface area contributed by atoms with Crippen molar-refractivity contribution in [3.05, 3.63) is 29.6 Å². The molecule has 0 aliphatic heterocycles. The van der Waals surface area contributed by atoms with Crippen LogP contribution in [0.1, 0.15) is 31.4 Å². The molecular weight excluding hydrogens is 231 g/mol. The van der Waals surface area contributed by atoms with Crippen LogP contribution in [0, 0.1) is 5.82 Å². The first kappa shape index (κ1) is 13.3. The topological polar surface area (TPSA) is 35.5 Å². The normalized spacial score (nSPS) is 16.7. The minimum absolute atomic E-state index is 0.0406. The maximum atomic E-state index is 14.0. The Labute approximate surface area is 108 Å². The molecule has 3 nitrogen and oxygen atoms in total. The fraction of sp³-hybridized carbons (Fsp3) is 0.571. The Kier molecular flexibility index (Phi) is 4.19. The molecule has 18 heavy (non-hydrogen) atoms. The molecule has 2 rings (SSSR count). The van der Waals surface area contributed by atoms with Gasteiger partial charge < -0.3 is 15.3 Å². The maximum absolute atomic E-state index is 14.0. The van der Waals surface area contributed by atoms with Crippen LogP contribution in [0.5, 0.6) is 0 Å². The van der Waals surface area contributed by atoms with E-state index in [2.05, 4.69) is 10.2 Å². The summed E-state index contributed by atoms with van der Waals surface area (Å²) in [6.07, 6.45) is 2.26. The molecule has 0 radical (unpaired) electrons. The van der Waals surface area contributed by atoms with Crippen molar-refractivity contribution in [1.29, 1.82) is 0 Å². The molecule has 0 saturated heterocycles. The van der Waals surface area contributed by atoms with E-state index in [9.17, 15) is 9.50 Å². The second-order valence-corrected chi connectivity index (χ2v) is 4.83. The molecule has 4 heteroatoms. The molecule has 0 amide bonds. The van der Waals surface area contributed by atoms with Gasteiger partial charge in [0.2, 0.25) is 0 Å². The monoisotopic (exact) mass is 252 g/mol. The summed E-state index contributed by atoms with van der Waals surface area (Å²) >= 11 is 0. The minimum atomic E-state index is -0.182. The second kappa shape index (κ2) is 5.67. The van der Waals surface area contributed by atoms with Gasteiger partial charge in [0.15, 0.2) is 0 Å². The average molecular weight is 252 g/mol. The van der Waals surface area contributed by atoms with Crippen molar-refractivity contribution < 1.29 is 9.50 Å². The summed E-state index contributed by atoms with van der Waals surface area (Å²) in [7, 11) is 1.83. The molecule has 1 aromatic rings. The Bertz CT molecular complexity index is 407. The van der Waals surface area contributed by atoms with Gasteiger partial charge in [0.05, 0.1) is 6.61 Å². The van der Waals surface area contributed by atoms with Crippen molar-refractivity contribution in [1.82, 2.24) is 5.32 Å². The van der Waals surface area contributed by atoms with E-state index in [-0.39, 0.29) is 18.5 Å². The highest BCUT2D eigenvalue weighted by Gasteiger charge is 2.31. The van der Waals surface area contributed by atoms with Gasteiger partial charge >= 0.3 is 0 Å². The van der Waals surface area contributed by atoms with Crippen LogP contribution in [-0.4, -0.2) is 31.3 Å². The van der Waals surface area contributed by atoms with Crippen molar-refractivity contribution in [2.45, 2.75) is 31.8 Å². The molecule has 0 bridgehead atoms. The molecule has 0 spiro atoms. The summed E-state index contributed by atoms with van der Waals surface area (Å²) in [4.78, 5) is 2.13. The van der Waals surface area contributed by atoms with Gasteiger partial charge in [-0.15, -0.1) is 0 Å². The van der Waals surface area contributed by atoms with Crippen LogP contribution in [0.3, 0.4) is 0 Å². The molecular formula is C14H21FN2O. The van der Waals surface area contributed by atoms with Crippen LogP contribution < -0.4 is 10.2 Å². The van der Waals surface area contributed by atoms with E-state index < -0.39 is 0 Å². The lowest BCUT2D eigenvalue weighted by Crippen LogP contribution is -2.31. The highest BCUT2D eigenvalue weighted by atomic mass is 19.1. The van der Waals surface area contributed by atoms with Crippen molar-refractivity contribution >= 4 is 5.69 Å². The first-order valence-corrected chi connectivity index (χ1v) is 6.52. The third kappa shape index (κ3) is 2.65. The van der Waals surface area contributed by atoms with E-state index in [1.54, 1.807) is 6.07 Å². The van der Waals surface area contributed by atoms with E-state index in [1.807, 2.05) is 20.0 Å². The first-order chi connectivity index (χ1) is 8.69. The molecule has 2 N–H and O–H groups in total. The fourth-order valence-electron chi connectivity index (χ4n) is 2.34. The van der Waals surface area contributed by atoms with Gasteiger partial charge in [-0.3, -0.25) is 0 Å². The first-order valence-electron chi connectivity index (χ1n) is 6.52. The lowest BCUT2D eigenvalue weighted by molar-refractivity contribution is 0.301.